The van der Waals surface area contributed by atoms with Crippen molar-refractivity contribution in [3.8, 4) is 11.5 Å². The van der Waals surface area contributed by atoms with E-state index in [-0.39, 0.29) is 24.5 Å². The van der Waals surface area contributed by atoms with E-state index < -0.39 is 17.7 Å². The summed E-state index contributed by atoms with van der Waals surface area (Å²) in [6.07, 6.45) is 4.77. The molecule has 2 N–H and O–H groups in total. The highest BCUT2D eigenvalue weighted by molar-refractivity contribution is 6.46. The molecule has 1 fully saturated rings. The molecule has 1 aliphatic rings. The maximum absolute atomic E-state index is 13.1. The summed E-state index contributed by atoms with van der Waals surface area (Å²) in [4.78, 5) is 27.6. The number of ketones is 1. The number of unbranched alkanes of at least 4 members (excludes halogenated alkanes) is 3. The predicted molar refractivity (Wildman–Crippen MR) is 134 cm³/mol. The van der Waals surface area contributed by atoms with Gasteiger partial charge in [0, 0.05) is 12.1 Å². The number of ether oxygens (including phenoxy) is 2. The van der Waals surface area contributed by atoms with Gasteiger partial charge in [0.1, 0.15) is 23.9 Å². The number of carbonyl (C=O) groups excluding carboxylic acids is 2. The molecule has 1 heterocycles. The lowest BCUT2D eigenvalue weighted by atomic mass is 9.95. The van der Waals surface area contributed by atoms with E-state index in [9.17, 15) is 14.7 Å². The summed E-state index contributed by atoms with van der Waals surface area (Å²) in [7, 11) is 0. The van der Waals surface area contributed by atoms with Crippen LogP contribution in [0.15, 0.2) is 54.1 Å². The minimum Gasteiger partial charge on any atom is -0.507 e. The minimum absolute atomic E-state index is 0.0574. The first-order chi connectivity index (χ1) is 17.0. The Kier molecular flexibility index (Phi) is 9.73. The molecule has 35 heavy (non-hydrogen) atoms. The Bertz CT molecular complexity index is 1030. The van der Waals surface area contributed by atoms with Crippen LogP contribution in [-0.2, 0) is 9.59 Å². The molecule has 1 atom stereocenters. The SMILES string of the molecule is CCCCCOc1ccc(/C(O)=C2/C(=O)C(=O)N(CCCC)C2c2cccc(OCCO)c2)cc1. The van der Waals surface area contributed by atoms with Gasteiger partial charge in [-0.3, -0.25) is 9.59 Å². The Morgan fingerprint density at radius 1 is 0.914 bits per heavy atom. The third-order valence-electron chi connectivity index (χ3n) is 5.97. The number of hydrogen-bond donors (Lipinski definition) is 2. The van der Waals surface area contributed by atoms with Crippen LogP contribution in [0.3, 0.4) is 0 Å². The van der Waals surface area contributed by atoms with Gasteiger partial charge in [0.05, 0.1) is 24.8 Å². The third-order valence-corrected chi connectivity index (χ3v) is 5.97. The van der Waals surface area contributed by atoms with Gasteiger partial charge in [0.2, 0.25) is 0 Å². The van der Waals surface area contributed by atoms with Gasteiger partial charge in [-0.25, -0.2) is 0 Å². The lowest BCUT2D eigenvalue weighted by Crippen LogP contribution is -2.30. The van der Waals surface area contributed by atoms with Crippen molar-refractivity contribution < 1.29 is 29.3 Å². The second-order valence-corrected chi connectivity index (χ2v) is 8.57. The van der Waals surface area contributed by atoms with Crippen molar-refractivity contribution in [2.75, 3.05) is 26.4 Å². The van der Waals surface area contributed by atoms with E-state index in [0.29, 0.717) is 35.8 Å². The van der Waals surface area contributed by atoms with Crippen molar-refractivity contribution in [3.63, 3.8) is 0 Å². The van der Waals surface area contributed by atoms with Gasteiger partial charge in [-0.2, -0.15) is 0 Å². The Labute approximate surface area is 207 Å². The molecule has 2 aromatic carbocycles. The van der Waals surface area contributed by atoms with E-state index in [0.717, 1.165) is 32.1 Å². The largest absolute Gasteiger partial charge is 0.507 e. The van der Waals surface area contributed by atoms with E-state index in [1.54, 1.807) is 42.5 Å². The molecule has 0 aromatic heterocycles. The number of hydrogen-bond acceptors (Lipinski definition) is 6. The molecule has 2 aromatic rings. The second-order valence-electron chi connectivity index (χ2n) is 8.57. The van der Waals surface area contributed by atoms with Crippen molar-refractivity contribution in [3.05, 3.63) is 65.2 Å². The molecule has 0 aliphatic carbocycles. The molecular weight excluding hydrogens is 446 g/mol. The summed E-state index contributed by atoms with van der Waals surface area (Å²) in [5.41, 5.74) is 1.16. The summed E-state index contributed by atoms with van der Waals surface area (Å²) >= 11 is 0. The fraction of sp³-hybridized carbons (Fsp3) is 0.429. The molecule has 0 bridgehead atoms. The highest BCUT2D eigenvalue weighted by atomic mass is 16.5. The average Bonchev–Trinajstić information content (AvgIpc) is 3.13. The Balaban J connectivity index is 1.96. The first kappa shape index (κ1) is 26.3. The number of benzene rings is 2. The Hall–Kier alpha value is -3.32. The standard InChI is InChI=1S/C28H35NO6/c1-3-5-7-17-34-22-13-11-20(12-14-22)26(31)24-25(29(15-6-4-2)28(33)27(24)32)21-9-8-10-23(19-21)35-18-16-30/h8-14,19,25,30-31H,3-7,15-18H2,1-2H3/b26-24-. The van der Waals surface area contributed by atoms with Gasteiger partial charge in [-0.15, -0.1) is 0 Å². The van der Waals surface area contributed by atoms with E-state index in [2.05, 4.69) is 6.92 Å². The van der Waals surface area contributed by atoms with Crippen molar-refractivity contribution >= 4 is 17.4 Å². The molecule has 1 unspecified atom stereocenters. The van der Waals surface area contributed by atoms with E-state index in [1.165, 1.54) is 4.90 Å². The molecule has 188 valence electrons. The molecular formula is C28H35NO6. The van der Waals surface area contributed by atoms with E-state index in [1.807, 2.05) is 13.0 Å². The van der Waals surface area contributed by atoms with Crippen LogP contribution in [0.1, 0.15) is 63.1 Å². The third kappa shape index (κ3) is 6.42. The molecule has 7 heteroatoms. The van der Waals surface area contributed by atoms with Crippen molar-refractivity contribution in [2.24, 2.45) is 0 Å². The summed E-state index contributed by atoms with van der Waals surface area (Å²) in [6, 6.07) is 13.2. The molecule has 3 rings (SSSR count). The van der Waals surface area contributed by atoms with Gasteiger partial charge in [-0.1, -0.05) is 45.2 Å². The average molecular weight is 482 g/mol. The fourth-order valence-corrected chi connectivity index (χ4v) is 4.13. The minimum atomic E-state index is -0.732. The van der Waals surface area contributed by atoms with Crippen LogP contribution >= 0.6 is 0 Å². The highest BCUT2D eigenvalue weighted by Gasteiger charge is 2.45. The fourth-order valence-electron chi connectivity index (χ4n) is 4.13. The number of rotatable bonds is 13. The first-order valence-corrected chi connectivity index (χ1v) is 12.4. The zero-order chi connectivity index (χ0) is 25.2. The van der Waals surface area contributed by atoms with Gasteiger partial charge in [0.15, 0.2) is 0 Å². The number of carbonyl (C=O) groups is 2. The van der Waals surface area contributed by atoms with Gasteiger partial charge in [-0.05, 0) is 54.8 Å². The maximum Gasteiger partial charge on any atom is 0.295 e. The van der Waals surface area contributed by atoms with Crippen molar-refractivity contribution in [1.29, 1.82) is 0 Å². The molecule has 0 radical (unpaired) electrons. The molecule has 1 amide bonds. The smallest absolute Gasteiger partial charge is 0.295 e. The quantitative estimate of drug-likeness (QED) is 0.184. The summed E-state index contributed by atoms with van der Waals surface area (Å²) < 4.78 is 11.3. The number of Topliss-reactive ketones (excluding diaryl/α,β-unsaturated/α-hetero) is 1. The van der Waals surface area contributed by atoms with Crippen LogP contribution in [0.2, 0.25) is 0 Å². The second kappa shape index (κ2) is 13.0. The lowest BCUT2D eigenvalue weighted by Gasteiger charge is -2.25. The molecule has 0 saturated carbocycles. The molecule has 1 saturated heterocycles. The highest BCUT2D eigenvalue weighted by Crippen LogP contribution is 2.40. The summed E-state index contributed by atoms with van der Waals surface area (Å²) in [5, 5.41) is 20.3. The van der Waals surface area contributed by atoms with E-state index in [4.69, 9.17) is 14.6 Å². The van der Waals surface area contributed by atoms with Gasteiger partial charge in [0.25, 0.3) is 11.7 Å². The number of amides is 1. The number of nitrogens with zero attached hydrogens (tertiary/aromatic N) is 1. The van der Waals surface area contributed by atoms with Crippen LogP contribution < -0.4 is 9.47 Å². The van der Waals surface area contributed by atoms with Crippen LogP contribution in [0.4, 0.5) is 0 Å². The monoisotopic (exact) mass is 481 g/mol. The Morgan fingerprint density at radius 2 is 1.63 bits per heavy atom. The molecule has 0 spiro atoms. The predicted octanol–water partition coefficient (Wildman–Crippen LogP) is 4.85. The summed E-state index contributed by atoms with van der Waals surface area (Å²) in [6.45, 7) is 5.17. The van der Waals surface area contributed by atoms with Crippen molar-refractivity contribution in [2.45, 2.75) is 52.0 Å². The van der Waals surface area contributed by atoms with Crippen molar-refractivity contribution in [1.82, 2.24) is 4.90 Å². The lowest BCUT2D eigenvalue weighted by molar-refractivity contribution is -0.139. The number of aliphatic hydroxyl groups is 2. The summed E-state index contributed by atoms with van der Waals surface area (Å²) in [5.74, 6) is -0.340. The van der Waals surface area contributed by atoms with Crippen LogP contribution in [-0.4, -0.2) is 53.2 Å². The number of likely N-dealkylation sites (tertiary alicyclic amines) is 1. The van der Waals surface area contributed by atoms with Gasteiger partial charge < -0.3 is 24.6 Å². The normalized spacial score (nSPS) is 17.1. The topological polar surface area (TPSA) is 96.3 Å². The zero-order valence-corrected chi connectivity index (χ0v) is 20.5. The van der Waals surface area contributed by atoms with Crippen LogP contribution in [0, 0.1) is 0 Å². The van der Waals surface area contributed by atoms with Crippen LogP contribution in [0.25, 0.3) is 5.76 Å². The van der Waals surface area contributed by atoms with E-state index >= 15 is 0 Å². The van der Waals surface area contributed by atoms with Gasteiger partial charge >= 0.3 is 0 Å². The zero-order valence-electron chi connectivity index (χ0n) is 20.5. The number of aliphatic hydroxyl groups excluding tert-OH is 2. The maximum atomic E-state index is 13.1. The molecule has 7 nitrogen and oxygen atoms in total. The first-order valence-electron chi connectivity index (χ1n) is 12.4. The molecule has 1 aliphatic heterocycles. The Morgan fingerprint density at radius 3 is 2.31 bits per heavy atom. The van der Waals surface area contributed by atoms with Crippen LogP contribution in [0.5, 0.6) is 11.5 Å².